The van der Waals surface area contributed by atoms with E-state index in [1.54, 1.807) is 23.9 Å². The summed E-state index contributed by atoms with van der Waals surface area (Å²) >= 11 is 0. The third kappa shape index (κ3) is 7.69. The zero-order valence-corrected chi connectivity index (χ0v) is 17.3. The maximum Gasteiger partial charge on any atom is 0.430 e. The summed E-state index contributed by atoms with van der Waals surface area (Å²) in [7, 11) is 3.44. The summed E-state index contributed by atoms with van der Waals surface area (Å²) in [6, 6.07) is 0. The molecule has 11 nitrogen and oxygen atoms in total. The van der Waals surface area contributed by atoms with Gasteiger partial charge in [-0.3, -0.25) is 33.9 Å². The van der Waals surface area contributed by atoms with E-state index in [0.717, 1.165) is 0 Å². The predicted octanol–water partition coefficient (Wildman–Crippen LogP) is -1.97. The average molecular weight is 414 g/mol. The van der Waals surface area contributed by atoms with E-state index in [2.05, 4.69) is 5.32 Å². The third-order valence-electron chi connectivity index (χ3n) is 4.61. The monoisotopic (exact) mass is 414 g/mol. The topological polar surface area (TPSA) is 118 Å². The summed E-state index contributed by atoms with van der Waals surface area (Å²) in [6.07, 6.45) is -0.581. The molecule has 0 unspecified atom stereocenters. The summed E-state index contributed by atoms with van der Waals surface area (Å²) in [5.41, 5.74) is 0. The van der Waals surface area contributed by atoms with Crippen molar-refractivity contribution in [3.05, 3.63) is 0 Å². The van der Waals surface area contributed by atoms with Crippen LogP contribution in [-0.4, -0.2) is 117 Å². The van der Waals surface area contributed by atoms with Crippen LogP contribution in [0, 0.1) is 0 Å². The molecule has 11 heteroatoms. The van der Waals surface area contributed by atoms with Crippen molar-refractivity contribution in [2.45, 2.75) is 19.3 Å². The molecule has 2 saturated heterocycles. The maximum atomic E-state index is 12.5. The lowest BCUT2D eigenvalue weighted by Crippen LogP contribution is -2.49. The Morgan fingerprint density at radius 1 is 0.862 bits per heavy atom. The van der Waals surface area contributed by atoms with Gasteiger partial charge in [-0.25, -0.2) is 0 Å². The predicted molar refractivity (Wildman–Crippen MR) is 101 cm³/mol. The van der Waals surface area contributed by atoms with E-state index in [0.29, 0.717) is 32.7 Å². The van der Waals surface area contributed by atoms with Crippen LogP contribution in [0.2, 0.25) is 0 Å². The molecular weight excluding hydrogens is 384 g/mol. The van der Waals surface area contributed by atoms with Gasteiger partial charge in [0.15, 0.2) is 5.78 Å². The second kappa shape index (κ2) is 10.6. The molecule has 1 spiro atoms. The lowest BCUT2D eigenvalue weighted by molar-refractivity contribution is -0.328. The number of carbonyl (C=O) groups is 4. The molecule has 2 aliphatic heterocycles. The Bertz CT molecular complexity index is 625. The molecule has 2 fully saturated rings. The first-order valence-electron chi connectivity index (χ1n) is 9.68. The van der Waals surface area contributed by atoms with Crippen molar-refractivity contribution in [3.8, 4) is 0 Å². The molecule has 0 aromatic heterocycles. The largest absolute Gasteiger partial charge is 0.430 e. The van der Waals surface area contributed by atoms with Gasteiger partial charge in [0.05, 0.1) is 26.2 Å². The van der Waals surface area contributed by atoms with E-state index in [-0.39, 0.29) is 26.2 Å². The van der Waals surface area contributed by atoms with Crippen LogP contribution in [0.1, 0.15) is 13.3 Å². The van der Waals surface area contributed by atoms with E-state index < -0.39 is 36.1 Å². The SMILES string of the molecule is CCN1CCN(C)CC(=O)O[C@]2(CC(=O)CNCCN(C)CC(=O)O2)OC(=O)C1. The minimum absolute atomic E-state index is 0.0385. The van der Waals surface area contributed by atoms with E-state index in [9.17, 15) is 19.2 Å². The first-order valence-corrected chi connectivity index (χ1v) is 9.68. The molecular formula is C18H30N4O7. The number of likely N-dealkylation sites (N-methyl/N-ethyl adjacent to an activating group) is 3. The Morgan fingerprint density at radius 3 is 2.00 bits per heavy atom. The molecule has 2 aliphatic rings. The summed E-state index contributed by atoms with van der Waals surface area (Å²) in [5.74, 6) is -5.11. The average Bonchev–Trinajstić information content (AvgIpc) is 2.63. The lowest BCUT2D eigenvalue weighted by atomic mass is 10.2. The molecule has 0 bridgehead atoms. The molecule has 1 N–H and O–H groups in total. The van der Waals surface area contributed by atoms with Crippen LogP contribution in [0.25, 0.3) is 0 Å². The van der Waals surface area contributed by atoms with Crippen molar-refractivity contribution in [2.24, 2.45) is 0 Å². The van der Waals surface area contributed by atoms with Gasteiger partial charge in [-0.15, -0.1) is 0 Å². The Kier molecular flexibility index (Phi) is 8.50. The zero-order valence-electron chi connectivity index (χ0n) is 17.3. The van der Waals surface area contributed by atoms with Gasteiger partial charge < -0.3 is 19.5 Å². The molecule has 2 rings (SSSR count). The summed E-state index contributed by atoms with van der Waals surface area (Å²) in [6.45, 7) is 4.17. The zero-order chi connectivity index (χ0) is 21.4. The molecule has 0 radical (unpaired) electrons. The van der Waals surface area contributed by atoms with Gasteiger partial charge in [0.2, 0.25) is 0 Å². The molecule has 164 valence electrons. The standard InChI is InChI=1S/C18H30N4O7/c1-4-22-8-7-21(3)12-16(25)28-18(29-17(26)13-22)9-14(23)10-19-5-6-20(2)11-15(24)27-18/h19H,4-13H2,1-3H3/t18-/m1/s1. The summed E-state index contributed by atoms with van der Waals surface area (Å²) in [5, 5.41) is 2.95. The smallest absolute Gasteiger partial charge is 0.387 e. The second-order valence-corrected chi connectivity index (χ2v) is 7.34. The normalized spacial score (nSPS) is 28.1. The van der Waals surface area contributed by atoms with Crippen molar-refractivity contribution in [2.75, 3.05) is 73.0 Å². The summed E-state index contributed by atoms with van der Waals surface area (Å²) < 4.78 is 16.0. The highest BCUT2D eigenvalue weighted by Gasteiger charge is 2.46. The fourth-order valence-corrected chi connectivity index (χ4v) is 3.03. The van der Waals surface area contributed by atoms with Gasteiger partial charge in [-0.05, 0) is 20.6 Å². The number of ketones is 1. The van der Waals surface area contributed by atoms with Gasteiger partial charge >= 0.3 is 23.9 Å². The van der Waals surface area contributed by atoms with Crippen LogP contribution in [0.5, 0.6) is 0 Å². The van der Waals surface area contributed by atoms with Crippen LogP contribution in [0.3, 0.4) is 0 Å². The number of hydrogen-bond acceptors (Lipinski definition) is 11. The molecule has 29 heavy (non-hydrogen) atoms. The number of rotatable bonds is 1. The van der Waals surface area contributed by atoms with Crippen molar-refractivity contribution in [1.29, 1.82) is 0 Å². The summed E-state index contributed by atoms with van der Waals surface area (Å²) in [4.78, 5) is 55.1. The van der Waals surface area contributed by atoms with E-state index in [4.69, 9.17) is 14.2 Å². The Labute approximate surface area is 170 Å². The Morgan fingerprint density at radius 2 is 1.41 bits per heavy atom. The third-order valence-corrected chi connectivity index (χ3v) is 4.61. The minimum Gasteiger partial charge on any atom is -0.387 e. The van der Waals surface area contributed by atoms with Crippen molar-refractivity contribution in [3.63, 3.8) is 0 Å². The molecule has 0 saturated carbocycles. The van der Waals surface area contributed by atoms with Crippen LogP contribution in [0.15, 0.2) is 0 Å². The number of carbonyl (C=O) groups excluding carboxylic acids is 4. The van der Waals surface area contributed by atoms with E-state index in [1.165, 1.54) is 0 Å². The fraction of sp³-hybridized carbons (Fsp3) is 0.778. The van der Waals surface area contributed by atoms with Crippen molar-refractivity contribution >= 4 is 23.7 Å². The number of nitrogens with one attached hydrogen (secondary N) is 1. The van der Waals surface area contributed by atoms with Gasteiger partial charge in [0.25, 0.3) is 0 Å². The highest BCUT2D eigenvalue weighted by molar-refractivity contribution is 5.83. The van der Waals surface area contributed by atoms with Gasteiger partial charge in [0.1, 0.15) is 6.42 Å². The Hall–Kier alpha value is -2.08. The minimum atomic E-state index is -2.42. The lowest BCUT2D eigenvalue weighted by Gasteiger charge is -2.31. The molecule has 0 aliphatic carbocycles. The fourth-order valence-electron chi connectivity index (χ4n) is 3.03. The van der Waals surface area contributed by atoms with E-state index >= 15 is 0 Å². The number of Topliss-reactive ketones (excluding diaryl/α,β-unsaturated/α-hetero) is 1. The molecule has 0 amide bonds. The highest BCUT2D eigenvalue weighted by atomic mass is 16.9. The van der Waals surface area contributed by atoms with Gasteiger partial charge in [-0.2, -0.15) is 0 Å². The number of hydrogen-bond donors (Lipinski definition) is 1. The molecule has 2 heterocycles. The first-order chi connectivity index (χ1) is 13.7. The van der Waals surface area contributed by atoms with Crippen molar-refractivity contribution in [1.82, 2.24) is 20.0 Å². The van der Waals surface area contributed by atoms with Crippen LogP contribution in [-0.2, 0) is 33.4 Å². The van der Waals surface area contributed by atoms with Crippen molar-refractivity contribution < 1.29 is 33.4 Å². The maximum absolute atomic E-state index is 12.5. The Balaban J connectivity index is 2.34. The van der Waals surface area contributed by atoms with Crippen LogP contribution >= 0.6 is 0 Å². The van der Waals surface area contributed by atoms with Crippen LogP contribution in [0.4, 0.5) is 0 Å². The second-order valence-electron chi connectivity index (χ2n) is 7.34. The molecule has 0 aromatic carbocycles. The van der Waals surface area contributed by atoms with Gasteiger partial charge in [-0.1, -0.05) is 6.92 Å². The first kappa shape index (κ1) is 23.2. The number of esters is 3. The molecule has 1 atom stereocenters. The highest BCUT2D eigenvalue weighted by Crippen LogP contribution is 2.23. The number of ether oxygens (including phenoxy) is 3. The van der Waals surface area contributed by atoms with Gasteiger partial charge in [0, 0.05) is 26.2 Å². The number of nitrogens with zero attached hydrogens (tertiary/aromatic N) is 3. The van der Waals surface area contributed by atoms with Crippen LogP contribution < -0.4 is 5.32 Å². The molecule has 0 aromatic rings. The quantitative estimate of drug-likeness (QED) is 0.482. The van der Waals surface area contributed by atoms with E-state index in [1.807, 2.05) is 11.8 Å².